The quantitative estimate of drug-likeness (QED) is 0.869. The molecule has 2 fully saturated rings. The lowest BCUT2D eigenvalue weighted by molar-refractivity contribution is 0.0897. The molecule has 2 unspecified atom stereocenters. The fraction of sp³-hybridized carbons (Fsp3) is 0.692. The van der Waals surface area contributed by atoms with Crippen LogP contribution in [0.25, 0.3) is 0 Å². The van der Waals surface area contributed by atoms with E-state index in [9.17, 15) is 0 Å². The van der Waals surface area contributed by atoms with Crippen molar-refractivity contribution >= 4 is 5.95 Å². The van der Waals surface area contributed by atoms with Gasteiger partial charge in [-0.2, -0.15) is 9.97 Å². The Labute approximate surface area is 112 Å². The average molecular weight is 265 g/mol. The SMILES string of the molecule is COc1cc(OC)nc(NC2CCOC2C2CC2)n1. The maximum absolute atomic E-state index is 5.79. The molecular weight excluding hydrogens is 246 g/mol. The van der Waals surface area contributed by atoms with Crippen LogP contribution in [0.4, 0.5) is 5.95 Å². The average Bonchev–Trinajstić information content (AvgIpc) is 3.19. The maximum atomic E-state index is 5.79. The van der Waals surface area contributed by atoms with E-state index >= 15 is 0 Å². The molecule has 6 heteroatoms. The summed E-state index contributed by atoms with van der Waals surface area (Å²) in [7, 11) is 3.16. The molecule has 2 atom stereocenters. The van der Waals surface area contributed by atoms with Gasteiger partial charge in [-0.1, -0.05) is 0 Å². The number of methoxy groups -OCH3 is 2. The number of rotatable bonds is 5. The molecule has 2 heterocycles. The Bertz CT molecular complexity index is 429. The van der Waals surface area contributed by atoms with Crippen LogP contribution in [0.3, 0.4) is 0 Å². The summed E-state index contributed by atoms with van der Waals surface area (Å²) in [5.41, 5.74) is 0. The van der Waals surface area contributed by atoms with E-state index in [0.29, 0.717) is 29.7 Å². The lowest BCUT2D eigenvalue weighted by atomic mass is 10.1. The van der Waals surface area contributed by atoms with Gasteiger partial charge in [-0.05, 0) is 25.2 Å². The molecule has 0 amide bonds. The van der Waals surface area contributed by atoms with Crippen LogP contribution in [0.15, 0.2) is 6.07 Å². The van der Waals surface area contributed by atoms with Crippen molar-refractivity contribution in [1.82, 2.24) is 9.97 Å². The van der Waals surface area contributed by atoms with Crippen LogP contribution in [0, 0.1) is 5.92 Å². The number of ether oxygens (including phenoxy) is 3. The first-order chi connectivity index (χ1) is 9.30. The predicted octanol–water partition coefficient (Wildman–Crippen LogP) is 1.47. The van der Waals surface area contributed by atoms with E-state index in [1.54, 1.807) is 20.3 Å². The Morgan fingerprint density at radius 1 is 1.16 bits per heavy atom. The number of anilines is 1. The molecule has 1 aromatic heterocycles. The van der Waals surface area contributed by atoms with E-state index < -0.39 is 0 Å². The third-order valence-corrected chi connectivity index (χ3v) is 3.63. The number of hydrogen-bond acceptors (Lipinski definition) is 6. The highest BCUT2D eigenvalue weighted by atomic mass is 16.5. The van der Waals surface area contributed by atoms with Gasteiger partial charge in [-0.25, -0.2) is 0 Å². The predicted molar refractivity (Wildman–Crippen MR) is 69.6 cm³/mol. The smallest absolute Gasteiger partial charge is 0.229 e. The van der Waals surface area contributed by atoms with Crippen molar-refractivity contribution in [3.05, 3.63) is 6.07 Å². The highest BCUT2D eigenvalue weighted by molar-refractivity contribution is 5.35. The fourth-order valence-corrected chi connectivity index (χ4v) is 2.50. The monoisotopic (exact) mass is 265 g/mol. The van der Waals surface area contributed by atoms with Gasteiger partial charge in [0.1, 0.15) is 0 Å². The summed E-state index contributed by atoms with van der Waals surface area (Å²) in [5.74, 6) is 2.23. The number of nitrogens with one attached hydrogen (secondary N) is 1. The van der Waals surface area contributed by atoms with Crippen molar-refractivity contribution < 1.29 is 14.2 Å². The summed E-state index contributed by atoms with van der Waals surface area (Å²) in [5, 5.41) is 3.35. The molecule has 0 spiro atoms. The molecule has 1 N–H and O–H groups in total. The van der Waals surface area contributed by atoms with Crippen LogP contribution >= 0.6 is 0 Å². The Hall–Kier alpha value is -1.56. The second-order valence-corrected chi connectivity index (χ2v) is 4.99. The molecule has 6 nitrogen and oxygen atoms in total. The Balaban J connectivity index is 1.74. The lowest BCUT2D eigenvalue weighted by Crippen LogP contribution is -2.31. The number of nitrogens with zero attached hydrogens (tertiary/aromatic N) is 2. The van der Waals surface area contributed by atoms with Gasteiger partial charge in [0, 0.05) is 6.61 Å². The second kappa shape index (κ2) is 5.21. The van der Waals surface area contributed by atoms with Gasteiger partial charge in [0.25, 0.3) is 0 Å². The number of aromatic nitrogens is 2. The lowest BCUT2D eigenvalue weighted by Gasteiger charge is -2.19. The molecule has 19 heavy (non-hydrogen) atoms. The van der Waals surface area contributed by atoms with Crippen LogP contribution < -0.4 is 14.8 Å². The molecule has 1 saturated heterocycles. The second-order valence-electron chi connectivity index (χ2n) is 4.99. The molecule has 0 radical (unpaired) electrons. The van der Waals surface area contributed by atoms with Crippen molar-refractivity contribution in [1.29, 1.82) is 0 Å². The van der Waals surface area contributed by atoms with Gasteiger partial charge in [0.2, 0.25) is 17.7 Å². The van der Waals surface area contributed by atoms with Crippen molar-refractivity contribution in [2.24, 2.45) is 5.92 Å². The third-order valence-electron chi connectivity index (χ3n) is 3.63. The van der Waals surface area contributed by atoms with Gasteiger partial charge < -0.3 is 19.5 Å². The summed E-state index contributed by atoms with van der Waals surface area (Å²) in [6.07, 6.45) is 3.82. The van der Waals surface area contributed by atoms with Gasteiger partial charge in [-0.3, -0.25) is 0 Å². The summed E-state index contributed by atoms with van der Waals surface area (Å²) >= 11 is 0. The molecule has 2 aliphatic rings. The van der Waals surface area contributed by atoms with Crippen LogP contribution in [-0.2, 0) is 4.74 Å². The minimum atomic E-state index is 0.282. The van der Waals surface area contributed by atoms with Crippen LogP contribution in [0.5, 0.6) is 11.8 Å². The largest absolute Gasteiger partial charge is 0.481 e. The van der Waals surface area contributed by atoms with E-state index in [-0.39, 0.29) is 6.04 Å². The fourth-order valence-electron chi connectivity index (χ4n) is 2.50. The van der Waals surface area contributed by atoms with Gasteiger partial charge in [0.15, 0.2) is 0 Å². The molecule has 0 bridgehead atoms. The molecule has 1 aliphatic carbocycles. The molecule has 104 valence electrons. The molecule has 1 aromatic rings. The van der Waals surface area contributed by atoms with Gasteiger partial charge >= 0.3 is 0 Å². The first-order valence-electron chi connectivity index (χ1n) is 6.65. The zero-order valence-corrected chi connectivity index (χ0v) is 11.3. The summed E-state index contributed by atoms with van der Waals surface area (Å²) in [6, 6.07) is 1.94. The molecule has 1 aliphatic heterocycles. The third kappa shape index (κ3) is 2.73. The van der Waals surface area contributed by atoms with Crippen LogP contribution in [0.2, 0.25) is 0 Å². The van der Waals surface area contributed by atoms with Gasteiger partial charge in [-0.15, -0.1) is 0 Å². The summed E-state index contributed by atoms with van der Waals surface area (Å²) < 4.78 is 16.1. The normalized spacial score (nSPS) is 26.2. The van der Waals surface area contributed by atoms with E-state index in [2.05, 4.69) is 15.3 Å². The van der Waals surface area contributed by atoms with E-state index in [1.165, 1.54) is 12.8 Å². The molecule has 3 rings (SSSR count). The Morgan fingerprint density at radius 2 is 1.84 bits per heavy atom. The number of hydrogen-bond donors (Lipinski definition) is 1. The van der Waals surface area contributed by atoms with Crippen LogP contribution in [0.1, 0.15) is 19.3 Å². The van der Waals surface area contributed by atoms with E-state index in [4.69, 9.17) is 14.2 Å². The molecule has 1 saturated carbocycles. The van der Waals surface area contributed by atoms with E-state index in [1.807, 2.05) is 0 Å². The summed E-state index contributed by atoms with van der Waals surface area (Å²) in [4.78, 5) is 8.60. The first kappa shape index (κ1) is 12.5. The highest BCUT2D eigenvalue weighted by Gasteiger charge is 2.40. The van der Waals surface area contributed by atoms with Gasteiger partial charge in [0.05, 0.1) is 32.4 Å². The summed E-state index contributed by atoms with van der Waals surface area (Å²) in [6.45, 7) is 0.805. The van der Waals surface area contributed by atoms with Crippen LogP contribution in [-0.4, -0.2) is 42.9 Å². The van der Waals surface area contributed by atoms with Crippen molar-refractivity contribution in [2.75, 3.05) is 26.1 Å². The van der Waals surface area contributed by atoms with Crippen molar-refractivity contribution in [3.63, 3.8) is 0 Å². The first-order valence-corrected chi connectivity index (χ1v) is 6.65. The molecule has 0 aromatic carbocycles. The standard InChI is InChI=1S/C13H19N3O3/c1-17-10-7-11(18-2)16-13(15-10)14-9-5-6-19-12(9)8-3-4-8/h7-9,12H,3-6H2,1-2H3,(H,14,15,16). The maximum Gasteiger partial charge on any atom is 0.229 e. The topological polar surface area (TPSA) is 65.5 Å². The zero-order valence-electron chi connectivity index (χ0n) is 11.3. The Kier molecular flexibility index (Phi) is 3.42. The Morgan fingerprint density at radius 3 is 2.42 bits per heavy atom. The van der Waals surface area contributed by atoms with Crippen molar-refractivity contribution in [2.45, 2.75) is 31.4 Å². The van der Waals surface area contributed by atoms with Crippen molar-refractivity contribution in [3.8, 4) is 11.8 Å². The minimum Gasteiger partial charge on any atom is -0.481 e. The zero-order chi connectivity index (χ0) is 13.2. The molecular formula is C13H19N3O3. The highest BCUT2D eigenvalue weighted by Crippen LogP contribution is 2.39. The van der Waals surface area contributed by atoms with E-state index in [0.717, 1.165) is 13.0 Å². The minimum absolute atomic E-state index is 0.282.